The van der Waals surface area contributed by atoms with E-state index in [0.717, 1.165) is 16.8 Å². The molecule has 0 unspecified atom stereocenters. The molecule has 0 bridgehead atoms. The number of amides is 1. The first-order chi connectivity index (χ1) is 14.5. The molecule has 1 aromatic heterocycles. The van der Waals surface area contributed by atoms with Gasteiger partial charge in [-0.15, -0.1) is 0 Å². The number of ether oxygens (including phenoxy) is 1. The number of carbonyl (C=O) groups excluding carboxylic acids is 1. The second-order valence-electron chi connectivity index (χ2n) is 6.71. The lowest BCUT2D eigenvalue weighted by molar-refractivity contribution is 0.0976. The van der Waals surface area contributed by atoms with Gasteiger partial charge in [-0.05, 0) is 67.4 Å². The predicted molar refractivity (Wildman–Crippen MR) is 120 cm³/mol. The Morgan fingerprint density at radius 3 is 2.63 bits per heavy atom. The fraction of sp³-hybridized carbons (Fsp3) is 0.174. The Morgan fingerprint density at radius 2 is 1.93 bits per heavy atom. The quantitative estimate of drug-likeness (QED) is 0.459. The van der Waals surface area contributed by atoms with Gasteiger partial charge in [-0.3, -0.25) is 15.1 Å². The van der Waals surface area contributed by atoms with Gasteiger partial charge in [-0.1, -0.05) is 23.7 Å². The number of aromatic nitrogens is 1. The highest BCUT2D eigenvalue weighted by Gasteiger charge is 2.13. The number of rotatable bonds is 5. The Labute approximate surface area is 181 Å². The normalized spacial score (nSPS) is 11.1. The molecule has 0 aliphatic heterocycles. The number of guanidine groups is 1. The Balaban J connectivity index is 1.88. The SMILES string of the molecule is COc1ccc(Cl)cc1NC(=NCc1ccccn1)NC(=O)c1ccc(C)c(C)c1. The van der Waals surface area contributed by atoms with Gasteiger partial charge in [0.1, 0.15) is 5.75 Å². The second-order valence-corrected chi connectivity index (χ2v) is 7.15. The highest BCUT2D eigenvalue weighted by atomic mass is 35.5. The van der Waals surface area contributed by atoms with Gasteiger partial charge in [-0.2, -0.15) is 0 Å². The maximum atomic E-state index is 12.8. The average Bonchev–Trinajstić information content (AvgIpc) is 2.75. The summed E-state index contributed by atoms with van der Waals surface area (Å²) in [5, 5.41) is 6.49. The molecular formula is C23H23ClN4O2. The second kappa shape index (κ2) is 9.89. The smallest absolute Gasteiger partial charge is 0.257 e. The molecule has 7 heteroatoms. The van der Waals surface area contributed by atoms with Crippen molar-refractivity contribution in [2.75, 3.05) is 12.4 Å². The number of nitrogens with one attached hydrogen (secondary N) is 2. The lowest BCUT2D eigenvalue weighted by Gasteiger charge is -2.15. The van der Waals surface area contributed by atoms with Crippen molar-refractivity contribution in [1.82, 2.24) is 10.3 Å². The predicted octanol–water partition coefficient (Wildman–Crippen LogP) is 4.76. The monoisotopic (exact) mass is 422 g/mol. The molecule has 0 atom stereocenters. The van der Waals surface area contributed by atoms with E-state index in [1.165, 1.54) is 0 Å². The van der Waals surface area contributed by atoms with Gasteiger partial charge in [0, 0.05) is 16.8 Å². The van der Waals surface area contributed by atoms with Crippen molar-refractivity contribution in [3.8, 4) is 5.75 Å². The third-order valence-electron chi connectivity index (χ3n) is 4.54. The Morgan fingerprint density at radius 1 is 1.10 bits per heavy atom. The van der Waals surface area contributed by atoms with Crippen LogP contribution in [0.5, 0.6) is 5.75 Å². The molecule has 6 nitrogen and oxygen atoms in total. The van der Waals surface area contributed by atoms with Gasteiger partial charge in [0.25, 0.3) is 5.91 Å². The average molecular weight is 423 g/mol. The number of benzene rings is 2. The maximum Gasteiger partial charge on any atom is 0.257 e. The Kier molecular flexibility index (Phi) is 7.03. The van der Waals surface area contributed by atoms with E-state index in [1.54, 1.807) is 37.6 Å². The number of anilines is 1. The summed E-state index contributed by atoms with van der Waals surface area (Å²) in [5.41, 5.74) is 4.07. The fourth-order valence-electron chi connectivity index (χ4n) is 2.73. The van der Waals surface area contributed by atoms with Gasteiger partial charge in [0.2, 0.25) is 5.96 Å². The van der Waals surface area contributed by atoms with E-state index >= 15 is 0 Å². The molecule has 2 aromatic carbocycles. The van der Waals surface area contributed by atoms with E-state index in [-0.39, 0.29) is 11.9 Å². The molecule has 0 aliphatic carbocycles. The summed E-state index contributed by atoms with van der Waals surface area (Å²) in [7, 11) is 1.56. The number of aryl methyl sites for hydroxylation is 2. The topological polar surface area (TPSA) is 75.6 Å². The summed E-state index contributed by atoms with van der Waals surface area (Å²) in [6.45, 7) is 4.26. The molecule has 2 N–H and O–H groups in total. The Hall–Kier alpha value is -3.38. The van der Waals surface area contributed by atoms with Crippen molar-refractivity contribution in [2.45, 2.75) is 20.4 Å². The zero-order chi connectivity index (χ0) is 21.5. The van der Waals surface area contributed by atoms with Crippen LogP contribution in [0.25, 0.3) is 0 Å². The van der Waals surface area contributed by atoms with E-state index in [1.807, 2.05) is 44.2 Å². The first kappa shape index (κ1) is 21.3. The van der Waals surface area contributed by atoms with Gasteiger partial charge in [-0.25, -0.2) is 4.99 Å². The van der Waals surface area contributed by atoms with Crippen LogP contribution in [0.4, 0.5) is 5.69 Å². The van der Waals surface area contributed by atoms with E-state index in [0.29, 0.717) is 28.6 Å². The number of pyridine rings is 1. The van der Waals surface area contributed by atoms with E-state index < -0.39 is 0 Å². The number of nitrogens with zero attached hydrogens (tertiary/aromatic N) is 2. The fourth-order valence-corrected chi connectivity index (χ4v) is 2.90. The number of halogens is 1. The molecule has 1 heterocycles. The van der Waals surface area contributed by atoms with Gasteiger partial charge >= 0.3 is 0 Å². The van der Waals surface area contributed by atoms with Crippen molar-refractivity contribution in [3.05, 3.63) is 88.2 Å². The van der Waals surface area contributed by atoms with Crippen LogP contribution in [-0.4, -0.2) is 24.0 Å². The third kappa shape index (κ3) is 5.58. The molecule has 0 radical (unpaired) electrons. The molecule has 154 valence electrons. The van der Waals surface area contributed by atoms with Crippen LogP contribution in [0.1, 0.15) is 27.2 Å². The molecule has 0 fully saturated rings. The molecule has 0 aliphatic rings. The molecular weight excluding hydrogens is 400 g/mol. The lowest BCUT2D eigenvalue weighted by atomic mass is 10.1. The number of methoxy groups -OCH3 is 1. The lowest BCUT2D eigenvalue weighted by Crippen LogP contribution is -2.36. The minimum Gasteiger partial charge on any atom is -0.495 e. The third-order valence-corrected chi connectivity index (χ3v) is 4.78. The van der Waals surface area contributed by atoms with Gasteiger partial charge in [0.05, 0.1) is 25.0 Å². The summed E-state index contributed by atoms with van der Waals surface area (Å²) < 4.78 is 5.38. The summed E-state index contributed by atoms with van der Waals surface area (Å²) in [6, 6.07) is 16.3. The molecule has 0 saturated carbocycles. The van der Waals surface area contributed by atoms with E-state index in [4.69, 9.17) is 16.3 Å². The van der Waals surface area contributed by atoms with E-state index in [2.05, 4.69) is 20.6 Å². The van der Waals surface area contributed by atoms with Crippen molar-refractivity contribution in [2.24, 2.45) is 4.99 Å². The summed E-state index contributed by atoms with van der Waals surface area (Å²) in [4.78, 5) is 21.6. The molecule has 0 saturated heterocycles. The molecule has 0 spiro atoms. The molecule has 3 rings (SSSR count). The number of carbonyl (C=O) groups is 1. The van der Waals surface area contributed by atoms with Gasteiger partial charge in [0.15, 0.2) is 0 Å². The minimum atomic E-state index is -0.272. The summed E-state index contributed by atoms with van der Waals surface area (Å²) in [5.74, 6) is 0.571. The minimum absolute atomic E-state index is 0.268. The van der Waals surface area contributed by atoms with Crippen LogP contribution in [-0.2, 0) is 6.54 Å². The molecule has 3 aromatic rings. The Bertz CT molecular complexity index is 1070. The number of aliphatic imine (C=N–C) groups is 1. The van der Waals surface area contributed by atoms with E-state index in [9.17, 15) is 4.79 Å². The van der Waals surface area contributed by atoms with Crippen LogP contribution < -0.4 is 15.4 Å². The van der Waals surface area contributed by atoms with Crippen LogP contribution in [0.3, 0.4) is 0 Å². The summed E-state index contributed by atoms with van der Waals surface area (Å²) >= 11 is 6.13. The summed E-state index contributed by atoms with van der Waals surface area (Å²) in [6.07, 6.45) is 1.70. The van der Waals surface area contributed by atoms with Crippen molar-refractivity contribution >= 4 is 29.2 Å². The van der Waals surface area contributed by atoms with Crippen LogP contribution >= 0.6 is 11.6 Å². The first-order valence-corrected chi connectivity index (χ1v) is 9.77. The zero-order valence-corrected chi connectivity index (χ0v) is 17.8. The zero-order valence-electron chi connectivity index (χ0n) is 17.1. The largest absolute Gasteiger partial charge is 0.495 e. The first-order valence-electron chi connectivity index (χ1n) is 9.40. The van der Waals surface area contributed by atoms with Crippen molar-refractivity contribution in [3.63, 3.8) is 0 Å². The maximum absolute atomic E-state index is 12.8. The van der Waals surface area contributed by atoms with Gasteiger partial charge < -0.3 is 10.1 Å². The number of hydrogen-bond acceptors (Lipinski definition) is 4. The standard InChI is InChI=1S/C23H23ClN4O2/c1-15-7-8-17(12-16(15)2)22(29)28-23(26-14-19-6-4-5-11-25-19)27-20-13-18(24)9-10-21(20)30-3/h4-13H,14H2,1-3H3,(H2,26,27,28,29). The van der Waals surface area contributed by atoms with Crippen molar-refractivity contribution < 1.29 is 9.53 Å². The van der Waals surface area contributed by atoms with Crippen LogP contribution in [0.15, 0.2) is 65.8 Å². The highest BCUT2D eigenvalue weighted by Crippen LogP contribution is 2.27. The van der Waals surface area contributed by atoms with Crippen LogP contribution in [0.2, 0.25) is 5.02 Å². The molecule has 1 amide bonds. The van der Waals surface area contributed by atoms with Crippen LogP contribution in [0, 0.1) is 13.8 Å². The molecule has 30 heavy (non-hydrogen) atoms. The highest BCUT2D eigenvalue weighted by molar-refractivity contribution is 6.31. The van der Waals surface area contributed by atoms with Crippen molar-refractivity contribution in [1.29, 1.82) is 0 Å². The number of hydrogen-bond donors (Lipinski definition) is 2.